The third kappa shape index (κ3) is 3.83. The SMILES string of the molecule is O=C1NCCN1CCN1CCC(CNC2CC2)CC1. The fourth-order valence-corrected chi connectivity index (χ4v) is 3.02. The molecule has 1 saturated carbocycles. The van der Waals surface area contributed by atoms with Crippen molar-refractivity contribution in [1.82, 2.24) is 20.4 Å². The zero-order valence-electron chi connectivity index (χ0n) is 11.7. The lowest BCUT2D eigenvalue weighted by Crippen LogP contribution is -2.42. The highest BCUT2D eigenvalue weighted by atomic mass is 16.2. The van der Waals surface area contributed by atoms with Crippen molar-refractivity contribution in [2.45, 2.75) is 31.7 Å². The molecule has 19 heavy (non-hydrogen) atoms. The number of hydrogen-bond donors (Lipinski definition) is 2. The fourth-order valence-electron chi connectivity index (χ4n) is 3.02. The van der Waals surface area contributed by atoms with E-state index in [-0.39, 0.29) is 6.03 Å². The number of urea groups is 1. The van der Waals surface area contributed by atoms with Gasteiger partial charge in [-0.25, -0.2) is 4.79 Å². The van der Waals surface area contributed by atoms with Crippen LogP contribution >= 0.6 is 0 Å². The Hall–Kier alpha value is -0.810. The van der Waals surface area contributed by atoms with Crippen LogP contribution < -0.4 is 10.6 Å². The van der Waals surface area contributed by atoms with E-state index in [0.717, 1.165) is 38.1 Å². The summed E-state index contributed by atoms with van der Waals surface area (Å²) in [5.74, 6) is 0.868. The van der Waals surface area contributed by atoms with E-state index < -0.39 is 0 Å². The van der Waals surface area contributed by atoms with Gasteiger partial charge in [-0.2, -0.15) is 0 Å². The largest absolute Gasteiger partial charge is 0.336 e. The van der Waals surface area contributed by atoms with Gasteiger partial charge in [-0.3, -0.25) is 0 Å². The van der Waals surface area contributed by atoms with E-state index in [2.05, 4.69) is 15.5 Å². The molecular formula is C14H26N4O. The number of amides is 2. The Balaban J connectivity index is 1.30. The lowest BCUT2D eigenvalue weighted by molar-refractivity contribution is 0.163. The van der Waals surface area contributed by atoms with Crippen LogP contribution in [-0.4, -0.2) is 67.7 Å². The highest BCUT2D eigenvalue weighted by Crippen LogP contribution is 2.21. The summed E-state index contributed by atoms with van der Waals surface area (Å²) in [4.78, 5) is 15.9. The lowest BCUT2D eigenvalue weighted by Gasteiger charge is -2.33. The third-order valence-electron chi connectivity index (χ3n) is 4.61. The quantitative estimate of drug-likeness (QED) is 0.735. The van der Waals surface area contributed by atoms with Crippen LogP contribution in [0.4, 0.5) is 4.79 Å². The molecule has 108 valence electrons. The first-order valence-electron chi connectivity index (χ1n) is 7.80. The number of nitrogens with one attached hydrogen (secondary N) is 2. The molecule has 0 bridgehead atoms. The Morgan fingerprint density at radius 1 is 1.11 bits per heavy atom. The average molecular weight is 266 g/mol. The van der Waals surface area contributed by atoms with Crippen LogP contribution in [0, 0.1) is 5.92 Å². The molecule has 2 heterocycles. The minimum atomic E-state index is 0.114. The zero-order chi connectivity index (χ0) is 13.1. The molecule has 3 rings (SSSR count). The van der Waals surface area contributed by atoms with Crippen molar-refractivity contribution < 1.29 is 4.79 Å². The van der Waals surface area contributed by atoms with Crippen LogP contribution in [0.15, 0.2) is 0 Å². The Morgan fingerprint density at radius 3 is 2.53 bits per heavy atom. The highest BCUT2D eigenvalue weighted by Gasteiger charge is 2.25. The van der Waals surface area contributed by atoms with Crippen LogP contribution in [0.3, 0.4) is 0 Å². The third-order valence-corrected chi connectivity index (χ3v) is 4.61. The standard InChI is InChI=1S/C14H26N4O/c19-14-15-5-8-18(14)10-9-17-6-3-12(4-7-17)11-16-13-1-2-13/h12-13,16H,1-11H2,(H,15,19). The van der Waals surface area contributed by atoms with Crippen molar-refractivity contribution in [2.24, 2.45) is 5.92 Å². The number of rotatable bonds is 6. The molecule has 0 unspecified atom stereocenters. The molecule has 0 atom stereocenters. The summed E-state index contributed by atoms with van der Waals surface area (Å²) in [6, 6.07) is 0.954. The predicted molar refractivity (Wildman–Crippen MR) is 75.2 cm³/mol. The molecule has 0 aromatic rings. The molecule has 2 saturated heterocycles. The van der Waals surface area contributed by atoms with Gasteiger partial charge in [-0.15, -0.1) is 0 Å². The number of nitrogens with zero attached hydrogens (tertiary/aromatic N) is 2. The summed E-state index contributed by atoms with van der Waals surface area (Å²) in [6.07, 6.45) is 5.39. The minimum Gasteiger partial charge on any atom is -0.336 e. The first-order valence-corrected chi connectivity index (χ1v) is 7.80. The van der Waals surface area contributed by atoms with Crippen molar-refractivity contribution in [1.29, 1.82) is 0 Å². The van der Waals surface area contributed by atoms with E-state index >= 15 is 0 Å². The summed E-state index contributed by atoms with van der Waals surface area (Å²) in [5, 5.41) is 6.50. The molecule has 5 nitrogen and oxygen atoms in total. The van der Waals surface area contributed by atoms with E-state index in [1.165, 1.54) is 45.3 Å². The van der Waals surface area contributed by atoms with Crippen LogP contribution in [0.1, 0.15) is 25.7 Å². The molecule has 2 aliphatic heterocycles. The van der Waals surface area contributed by atoms with Crippen molar-refractivity contribution in [3.63, 3.8) is 0 Å². The van der Waals surface area contributed by atoms with Gasteiger partial charge >= 0.3 is 6.03 Å². The Morgan fingerprint density at radius 2 is 1.89 bits per heavy atom. The molecule has 3 aliphatic rings. The number of piperidine rings is 1. The maximum atomic E-state index is 11.4. The molecule has 0 radical (unpaired) electrons. The van der Waals surface area contributed by atoms with E-state index in [0.29, 0.717) is 0 Å². The molecule has 2 amide bonds. The van der Waals surface area contributed by atoms with Gasteiger partial charge in [-0.05, 0) is 51.2 Å². The molecule has 5 heteroatoms. The maximum Gasteiger partial charge on any atom is 0.317 e. The second-order valence-electron chi connectivity index (χ2n) is 6.19. The van der Waals surface area contributed by atoms with Crippen LogP contribution in [0.25, 0.3) is 0 Å². The number of carbonyl (C=O) groups excluding carboxylic acids is 1. The first-order chi connectivity index (χ1) is 9.31. The van der Waals surface area contributed by atoms with E-state index in [9.17, 15) is 4.79 Å². The first kappa shape index (κ1) is 13.2. The van der Waals surface area contributed by atoms with Crippen molar-refractivity contribution in [3.8, 4) is 0 Å². The summed E-state index contributed by atoms with van der Waals surface area (Å²) in [5.41, 5.74) is 0. The molecule has 3 fully saturated rings. The average Bonchev–Trinajstić information content (AvgIpc) is 3.18. The smallest absolute Gasteiger partial charge is 0.317 e. The van der Waals surface area contributed by atoms with Gasteiger partial charge in [0.05, 0.1) is 0 Å². The zero-order valence-corrected chi connectivity index (χ0v) is 11.7. The highest BCUT2D eigenvalue weighted by molar-refractivity contribution is 5.76. The lowest BCUT2D eigenvalue weighted by atomic mass is 9.97. The molecular weight excluding hydrogens is 240 g/mol. The van der Waals surface area contributed by atoms with Crippen molar-refractivity contribution >= 4 is 6.03 Å². The van der Waals surface area contributed by atoms with Crippen LogP contribution in [-0.2, 0) is 0 Å². The van der Waals surface area contributed by atoms with E-state index in [4.69, 9.17) is 0 Å². The van der Waals surface area contributed by atoms with Gasteiger partial charge in [0.15, 0.2) is 0 Å². The van der Waals surface area contributed by atoms with Crippen molar-refractivity contribution in [2.75, 3.05) is 45.8 Å². The number of likely N-dealkylation sites (tertiary alicyclic amines) is 1. The fraction of sp³-hybridized carbons (Fsp3) is 0.929. The summed E-state index contributed by atoms with van der Waals surface area (Å²) >= 11 is 0. The maximum absolute atomic E-state index is 11.4. The van der Waals surface area contributed by atoms with Crippen LogP contribution in [0.2, 0.25) is 0 Å². The second kappa shape index (κ2) is 6.09. The monoisotopic (exact) mass is 266 g/mol. The molecule has 2 N–H and O–H groups in total. The Kier molecular flexibility index (Phi) is 4.23. The van der Waals surface area contributed by atoms with Gasteiger partial charge < -0.3 is 20.4 Å². The summed E-state index contributed by atoms with van der Waals surface area (Å²) < 4.78 is 0. The number of hydrogen-bond acceptors (Lipinski definition) is 3. The molecule has 0 spiro atoms. The Labute approximate surface area is 115 Å². The predicted octanol–water partition coefficient (Wildman–Crippen LogP) is 0.476. The van der Waals surface area contributed by atoms with Gasteiger partial charge in [0.2, 0.25) is 0 Å². The van der Waals surface area contributed by atoms with Gasteiger partial charge in [-0.1, -0.05) is 0 Å². The minimum absolute atomic E-state index is 0.114. The molecule has 1 aliphatic carbocycles. The summed E-state index contributed by atoms with van der Waals surface area (Å²) in [6.45, 7) is 7.23. The van der Waals surface area contributed by atoms with Crippen molar-refractivity contribution in [3.05, 3.63) is 0 Å². The van der Waals surface area contributed by atoms with E-state index in [1.54, 1.807) is 0 Å². The molecule has 0 aromatic carbocycles. The van der Waals surface area contributed by atoms with Crippen LogP contribution in [0.5, 0.6) is 0 Å². The van der Waals surface area contributed by atoms with Gasteiger partial charge in [0.25, 0.3) is 0 Å². The number of carbonyl (C=O) groups is 1. The normalized spacial score (nSPS) is 25.9. The summed E-state index contributed by atoms with van der Waals surface area (Å²) in [7, 11) is 0. The van der Waals surface area contributed by atoms with E-state index in [1.807, 2.05) is 4.90 Å². The topological polar surface area (TPSA) is 47.6 Å². The van der Waals surface area contributed by atoms with Gasteiger partial charge in [0, 0.05) is 32.2 Å². The second-order valence-corrected chi connectivity index (χ2v) is 6.19. The molecule has 0 aromatic heterocycles. The van der Waals surface area contributed by atoms with Gasteiger partial charge in [0.1, 0.15) is 0 Å². The Bertz CT molecular complexity index is 311.